The van der Waals surface area contributed by atoms with Crippen LogP contribution in [-0.4, -0.2) is 29.0 Å². The minimum absolute atomic E-state index is 0. The van der Waals surface area contributed by atoms with Crippen LogP contribution < -0.4 is 10.6 Å². The zero-order chi connectivity index (χ0) is 17.4. The van der Waals surface area contributed by atoms with Gasteiger partial charge in [-0.3, -0.25) is 4.99 Å². The Morgan fingerprint density at radius 3 is 2.52 bits per heavy atom. The van der Waals surface area contributed by atoms with E-state index in [1.807, 2.05) is 24.4 Å². The van der Waals surface area contributed by atoms with Gasteiger partial charge in [0.15, 0.2) is 5.96 Å². The number of aliphatic imine (C=N–C) groups is 1. The van der Waals surface area contributed by atoms with Crippen LogP contribution in [0.25, 0.3) is 11.3 Å². The van der Waals surface area contributed by atoms with E-state index in [2.05, 4.69) is 58.5 Å². The number of H-pyrrole nitrogens is 1. The molecule has 0 radical (unpaired) electrons. The minimum Gasteiger partial charge on any atom is -0.354 e. The van der Waals surface area contributed by atoms with Gasteiger partial charge in [-0.1, -0.05) is 44.2 Å². The molecule has 25 heavy (non-hydrogen) atoms. The van der Waals surface area contributed by atoms with Crippen LogP contribution in [0.1, 0.15) is 39.4 Å². The number of aromatic nitrogens is 2. The van der Waals surface area contributed by atoms with Gasteiger partial charge >= 0.3 is 0 Å². The molecule has 3 N–H and O–H groups in total. The highest BCUT2D eigenvalue weighted by molar-refractivity contribution is 14.0. The van der Waals surface area contributed by atoms with Gasteiger partial charge in [0, 0.05) is 13.1 Å². The first kappa shape index (κ1) is 21.5. The largest absolute Gasteiger partial charge is 0.354 e. The highest BCUT2D eigenvalue weighted by Gasteiger charge is 2.08. The van der Waals surface area contributed by atoms with Crippen LogP contribution in [0.15, 0.2) is 41.5 Å². The van der Waals surface area contributed by atoms with Crippen molar-refractivity contribution in [1.82, 2.24) is 20.6 Å². The van der Waals surface area contributed by atoms with Gasteiger partial charge in [-0.2, -0.15) is 0 Å². The third-order valence-corrected chi connectivity index (χ3v) is 3.92. The SMILES string of the molecule is CN=C(NCc1ncc(-c2ccccc2)[nH]1)NC(C)CCC(C)C.I. The monoisotopic (exact) mass is 455 g/mol. The lowest BCUT2D eigenvalue weighted by Gasteiger charge is -2.18. The zero-order valence-corrected chi connectivity index (χ0v) is 17.9. The topological polar surface area (TPSA) is 65.1 Å². The maximum atomic E-state index is 4.44. The van der Waals surface area contributed by atoms with Gasteiger partial charge in [0.05, 0.1) is 18.4 Å². The van der Waals surface area contributed by atoms with E-state index in [0.717, 1.165) is 35.4 Å². The molecule has 0 aliphatic rings. The van der Waals surface area contributed by atoms with Crippen LogP contribution in [0.4, 0.5) is 0 Å². The Hall–Kier alpha value is -1.57. The molecule has 1 atom stereocenters. The molecule has 138 valence electrons. The summed E-state index contributed by atoms with van der Waals surface area (Å²) in [6.07, 6.45) is 4.22. The maximum Gasteiger partial charge on any atom is 0.191 e. The van der Waals surface area contributed by atoms with Gasteiger partial charge in [0.25, 0.3) is 0 Å². The Morgan fingerprint density at radius 2 is 1.88 bits per heavy atom. The van der Waals surface area contributed by atoms with E-state index in [1.165, 1.54) is 6.42 Å². The van der Waals surface area contributed by atoms with E-state index in [9.17, 15) is 0 Å². The normalized spacial score (nSPS) is 12.6. The van der Waals surface area contributed by atoms with Gasteiger partial charge in [0.1, 0.15) is 5.82 Å². The highest BCUT2D eigenvalue weighted by atomic mass is 127. The molecule has 0 saturated carbocycles. The fraction of sp³-hybridized carbons (Fsp3) is 0.474. The van der Waals surface area contributed by atoms with Crippen molar-refractivity contribution in [1.29, 1.82) is 0 Å². The quantitative estimate of drug-likeness (QED) is 0.333. The number of nitrogens with zero attached hydrogens (tertiary/aromatic N) is 2. The second-order valence-electron chi connectivity index (χ2n) is 6.55. The Balaban J connectivity index is 0.00000312. The lowest BCUT2D eigenvalue weighted by molar-refractivity contribution is 0.489. The molecular formula is C19H30IN5. The molecule has 1 aromatic carbocycles. The van der Waals surface area contributed by atoms with Crippen molar-refractivity contribution in [2.75, 3.05) is 7.05 Å². The van der Waals surface area contributed by atoms with Crippen LogP contribution in [0.5, 0.6) is 0 Å². The molecule has 0 saturated heterocycles. The van der Waals surface area contributed by atoms with Crippen molar-refractivity contribution in [2.45, 2.75) is 46.2 Å². The van der Waals surface area contributed by atoms with Gasteiger partial charge in [-0.05, 0) is 31.2 Å². The number of guanidine groups is 1. The van der Waals surface area contributed by atoms with E-state index in [-0.39, 0.29) is 24.0 Å². The molecule has 0 aliphatic heterocycles. The summed E-state index contributed by atoms with van der Waals surface area (Å²) >= 11 is 0. The van der Waals surface area contributed by atoms with Crippen molar-refractivity contribution < 1.29 is 0 Å². The van der Waals surface area contributed by atoms with Crippen molar-refractivity contribution >= 4 is 29.9 Å². The first-order chi connectivity index (χ1) is 11.6. The fourth-order valence-corrected chi connectivity index (χ4v) is 2.47. The second kappa shape index (κ2) is 11.1. The van der Waals surface area contributed by atoms with Gasteiger partial charge in [-0.15, -0.1) is 24.0 Å². The van der Waals surface area contributed by atoms with Crippen LogP contribution in [-0.2, 0) is 6.54 Å². The number of aromatic amines is 1. The Morgan fingerprint density at radius 1 is 1.16 bits per heavy atom. The van der Waals surface area contributed by atoms with E-state index in [4.69, 9.17) is 0 Å². The summed E-state index contributed by atoms with van der Waals surface area (Å²) in [4.78, 5) is 12.1. The van der Waals surface area contributed by atoms with Gasteiger partial charge in [0.2, 0.25) is 0 Å². The molecule has 0 fully saturated rings. The Kier molecular flexibility index (Phi) is 9.55. The summed E-state index contributed by atoms with van der Waals surface area (Å²) < 4.78 is 0. The molecule has 1 unspecified atom stereocenters. The minimum atomic E-state index is 0. The zero-order valence-electron chi connectivity index (χ0n) is 15.5. The van der Waals surface area contributed by atoms with Crippen LogP contribution in [0.3, 0.4) is 0 Å². The maximum absolute atomic E-state index is 4.44. The van der Waals surface area contributed by atoms with Crippen molar-refractivity contribution in [2.24, 2.45) is 10.9 Å². The molecule has 0 amide bonds. The standard InChI is InChI=1S/C19H29N5.HI/c1-14(2)10-11-15(3)23-19(20-4)22-13-18-21-12-17(24-18)16-8-6-5-7-9-16;/h5-9,12,14-15H,10-11,13H2,1-4H3,(H,21,24)(H2,20,22,23);1H. The number of nitrogens with one attached hydrogen (secondary N) is 3. The summed E-state index contributed by atoms with van der Waals surface area (Å²) in [6.45, 7) is 7.31. The molecule has 0 spiro atoms. The van der Waals surface area contributed by atoms with Crippen LogP contribution >= 0.6 is 24.0 Å². The van der Waals surface area contributed by atoms with E-state index >= 15 is 0 Å². The number of hydrogen-bond acceptors (Lipinski definition) is 2. The third kappa shape index (κ3) is 7.46. The molecule has 5 nitrogen and oxygen atoms in total. The Labute approximate surface area is 168 Å². The summed E-state index contributed by atoms with van der Waals surface area (Å²) in [5, 5.41) is 6.74. The molecule has 0 aliphatic carbocycles. The van der Waals surface area contributed by atoms with E-state index in [0.29, 0.717) is 12.6 Å². The van der Waals surface area contributed by atoms with E-state index < -0.39 is 0 Å². The molecular weight excluding hydrogens is 425 g/mol. The third-order valence-electron chi connectivity index (χ3n) is 3.92. The van der Waals surface area contributed by atoms with Crippen molar-refractivity contribution in [3.05, 3.63) is 42.4 Å². The fourth-order valence-electron chi connectivity index (χ4n) is 2.47. The number of imidazole rings is 1. The average molecular weight is 455 g/mol. The van der Waals surface area contributed by atoms with Gasteiger partial charge < -0.3 is 15.6 Å². The second-order valence-corrected chi connectivity index (χ2v) is 6.55. The summed E-state index contributed by atoms with van der Waals surface area (Å²) in [6, 6.07) is 10.6. The summed E-state index contributed by atoms with van der Waals surface area (Å²) in [5.74, 6) is 2.43. The molecule has 1 aromatic heterocycles. The molecule has 6 heteroatoms. The summed E-state index contributed by atoms with van der Waals surface area (Å²) in [7, 11) is 1.79. The number of hydrogen-bond donors (Lipinski definition) is 3. The van der Waals surface area contributed by atoms with Gasteiger partial charge in [-0.25, -0.2) is 4.98 Å². The van der Waals surface area contributed by atoms with Crippen LogP contribution in [0, 0.1) is 5.92 Å². The van der Waals surface area contributed by atoms with Crippen molar-refractivity contribution in [3.8, 4) is 11.3 Å². The first-order valence-electron chi connectivity index (χ1n) is 8.65. The Bertz CT molecular complexity index is 636. The lowest BCUT2D eigenvalue weighted by Crippen LogP contribution is -2.42. The molecule has 0 bridgehead atoms. The molecule has 1 heterocycles. The number of halogens is 1. The number of benzene rings is 1. The summed E-state index contributed by atoms with van der Waals surface area (Å²) in [5.41, 5.74) is 2.17. The average Bonchev–Trinajstić information content (AvgIpc) is 3.06. The molecule has 2 aromatic rings. The molecule has 2 rings (SSSR count). The highest BCUT2D eigenvalue weighted by Crippen LogP contribution is 2.15. The van der Waals surface area contributed by atoms with Crippen molar-refractivity contribution in [3.63, 3.8) is 0 Å². The van der Waals surface area contributed by atoms with Crippen LogP contribution in [0.2, 0.25) is 0 Å². The first-order valence-corrected chi connectivity index (χ1v) is 8.65. The lowest BCUT2D eigenvalue weighted by atomic mass is 10.0. The predicted octanol–water partition coefficient (Wildman–Crippen LogP) is 4.18. The number of rotatable bonds is 7. The van der Waals surface area contributed by atoms with E-state index in [1.54, 1.807) is 7.05 Å². The predicted molar refractivity (Wildman–Crippen MR) is 116 cm³/mol. The smallest absolute Gasteiger partial charge is 0.191 e.